The molecule has 0 radical (unpaired) electrons. The Kier molecular flexibility index (Phi) is 3.72. The van der Waals surface area contributed by atoms with Crippen LogP contribution in [-0.2, 0) is 10.0 Å². The molecule has 0 heterocycles. The van der Waals surface area contributed by atoms with Gasteiger partial charge in [-0.2, -0.15) is 0 Å². The monoisotopic (exact) mass is 286 g/mol. The fourth-order valence-electron chi connectivity index (χ4n) is 1.82. The second kappa shape index (κ2) is 5.14. The molecule has 1 aliphatic carbocycles. The van der Waals surface area contributed by atoms with E-state index in [1.807, 2.05) is 0 Å². The maximum absolute atomic E-state index is 11.9. The van der Waals surface area contributed by atoms with E-state index >= 15 is 0 Å². The van der Waals surface area contributed by atoms with E-state index in [1.165, 1.54) is 0 Å². The number of nitrogens with zero attached hydrogens (tertiary/aromatic N) is 1. The van der Waals surface area contributed by atoms with Gasteiger partial charge in [0.2, 0.25) is 10.0 Å². The number of hydrogen-bond donors (Lipinski definition) is 2. The second-order valence-electron chi connectivity index (χ2n) is 4.56. The van der Waals surface area contributed by atoms with Gasteiger partial charge < -0.3 is 5.11 Å². The summed E-state index contributed by atoms with van der Waals surface area (Å²) in [7, 11) is -3.77. The molecule has 0 aliphatic heterocycles. The lowest BCUT2D eigenvalue weighted by Crippen LogP contribution is -2.32. The molecule has 1 aromatic rings. The fourth-order valence-corrected chi connectivity index (χ4v) is 2.96. The Morgan fingerprint density at radius 2 is 2.11 bits per heavy atom. The zero-order valence-corrected chi connectivity index (χ0v) is 10.9. The number of sulfonamides is 1. The van der Waals surface area contributed by atoms with Crippen molar-refractivity contribution in [3.8, 4) is 5.75 Å². The molecule has 7 nitrogen and oxygen atoms in total. The third-order valence-electron chi connectivity index (χ3n) is 3.24. The van der Waals surface area contributed by atoms with Gasteiger partial charge in [-0.25, -0.2) is 13.1 Å². The van der Waals surface area contributed by atoms with E-state index in [-0.39, 0.29) is 4.90 Å². The summed E-state index contributed by atoms with van der Waals surface area (Å²) in [5, 5.41) is 19.9. The smallest absolute Gasteiger partial charge is 0.312 e. The molecule has 2 rings (SSSR count). The van der Waals surface area contributed by atoms with Crippen molar-refractivity contribution in [3.63, 3.8) is 0 Å². The average molecular weight is 286 g/mol. The molecule has 0 bridgehead atoms. The Morgan fingerprint density at radius 1 is 1.42 bits per heavy atom. The summed E-state index contributed by atoms with van der Waals surface area (Å²) in [6, 6.07) is 3.01. The number of hydrogen-bond acceptors (Lipinski definition) is 5. The Hall–Kier alpha value is -1.67. The summed E-state index contributed by atoms with van der Waals surface area (Å²) in [6.07, 6.45) is 3.10. The van der Waals surface area contributed by atoms with E-state index in [0.29, 0.717) is 12.5 Å². The van der Waals surface area contributed by atoms with Gasteiger partial charge in [0.15, 0.2) is 5.75 Å². The largest absolute Gasteiger partial charge is 0.502 e. The molecule has 1 fully saturated rings. The van der Waals surface area contributed by atoms with Crippen LogP contribution in [0.4, 0.5) is 5.69 Å². The van der Waals surface area contributed by atoms with Crippen molar-refractivity contribution >= 4 is 15.7 Å². The van der Waals surface area contributed by atoms with Gasteiger partial charge in [0.25, 0.3) is 0 Å². The van der Waals surface area contributed by atoms with Crippen molar-refractivity contribution in [2.45, 2.75) is 24.2 Å². The van der Waals surface area contributed by atoms with Crippen LogP contribution in [0.1, 0.15) is 19.3 Å². The van der Waals surface area contributed by atoms with Gasteiger partial charge in [0.1, 0.15) is 0 Å². The molecule has 8 heteroatoms. The Morgan fingerprint density at radius 3 is 2.63 bits per heavy atom. The molecule has 1 aliphatic rings. The molecule has 0 spiro atoms. The molecule has 0 aromatic heterocycles. The topological polar surface area (TPSA) is 110 Å². The van der Waals surface area contributed by atoms with Gasteiger partial charge in [0.05, 0.1) is 9.82 Å². The first-order valence-corrected chi connectivity index (χ1v) is 7.35. The lowest BCUT2D eigenvalue weighted by atomic mass is 9.86. The van der Waals surface area contributed by atoms with Crippen molar-refractivity contribution in [1.82, 2.24) is 4.72 Å². The van der Waals surface area contributed by atoms with E-state index in [1.54, 1.807) is 0 Å². The lowest BCUT2D eigenvalue weighted by molar-refractivity contribution is -0.386. The van der Waals surface area contributed by atoms with E-state index in [4.69, 9.17) is 0 Å². The summed E-state index contributed by atoms with van der Waals surface area (Å²) < 4.78 is 26.3. The number of nitro groups is 1. The number of nitro benzene ring substituents is 1. The molecule has 19 heavy (non-hydrogen) atoms. The van der Waals surface area contributed by atoms with E-state index < -0.39 is 26.4 Å². The van der Waals surface area contributed by atoms with Crippen LogP contribution >= 0.6 is 0 Å². The van der Waals surface area contributed by atoms with E-state index in [2.05, 4.69) is 4.72 Å². The first-order chi connectivity index (χ1) is 8.90. The summed E-state index contributed by atoms with van der Waals surface area (Å²) in [6.45, 7) is 0.344. The molecule has 1 aromatic carbocycles. The number of phenols is 1. The highest BCUT2D eigenvalue weighted by molar-refractivity contribution is 7.89. The summed E-state index contributed by atoms with van der Waals surface area (Å²) >= 11 is 0. The van der Waals surface area contributed by atoms with Crippen LogP contribution in [0.15, 0.2) is 23.1 Å². The van der Waals surface area contributed by atoms with E-state index in [0.717, 1.165) is 37.5 Å². The normalized spacial score (nSPS) is 16.0. The molecular formula is C11H14N2O5S. The van der Waals surface area contributed by atoms with Crippen molar-refractivity contribution in [1.29, 1.82) is 0 Å². The average Bonchev–Trinajstić information content (AvgIpc) is 2.26. The van der Waals surface area contributed by atoms with Crippen LogP contribution in [0, 0.1) is 16.0 Å². The summed E-state index contributed by atoms with van der Waals surface area (Å²) in [5.41, 5.74) is -0.619. The number of aromatic hydroxyl groups is 1. The second-order valence-corrected chi connectivity index (χ2v) is 6.32. The van der Waals surface area contributed by atoms with Crippen LogP contribution in [0.2, 0.25) is 0 Å². The minimum Gasteiger partial charge on any atom is -0.502 e. The van der Waals surface area contributed by atoms with E-state index in [9.17, 15) is 23.6 Å². The highest BCUT2D eigenvalue weighted by atomic mass is 32.2. The fraction of sp³-hybridized carbons (Fsp3) is 0.455. The number of nitrogens with one attached hydrogen (secondary N) is 1. The van der Waals surface area contributed by atoms with Crippen LogP contribution in [0.5, 0.6) is 5.75 Å². The first kappa shape index (κ1) is 13.8. The van der Waals surface area contributed by atoms with Crippen molar-refractivity contribution in [2.24, 2.45) is 5.92 Å². The van der Waals surface area contributed by atoms with Crippen molar-refractivity contribution in [2.75, 3.05) is 6.54 Å². The van der Waals surface area contributed by atoms with Gasteiger partial charge >= 0.3 is 5.69 Å². The molecule has 0 saturated heterocycles. The van der Waals surface area contributed by atoms with Crippen LogP contribution in [-0.4, -0.2) is 25.0 Å². The molecule has 104 valence electrons. The molecule has 0 unspecified atom stereocenters. The molecule has 1 saturated carbocycles. The van der Waals surface area contributed by atoms with Gasteiger partial charge in [0, 0.05) is 12.6 Å². The SMILES string of the molecule is O=[N+]([O-])c1cc(S(=O)(=O)NCC2CCC2)ccc1O. The Balaban J connectivity index is 2.19. The molecule has 0 amide bonds. The van der Waals surface area contributed by atoms with Crippen molar-refractivity contribution in [3.05, 3.63) is 28.3 Å². The Bertz CT molecular complexity index is 595. The highest BCUT2D eigenvalue weighted by Crippen LogP contribution is 2.29. The number of rotatable bonds is 5. The van der Waals surface area contributed by atoms with Crippen LogP contribution < -0.4 is 4.72 Å². The zero-order valence-electron chi connectivity index (χ0n) is 10.1. The molecule has 0 atom stereocenters. The molecule has 2 N–H and O–H groups in total. The van der Waals surface area contributed by atoms with Gasteiger partial charge in [-0.15, -0.1) is 0 Å². The quantitative estimate of drug-likeness (QED) is 0.627. The third kappa shape index (κ3) is 3.02. The van der Waals surface area contributed by atoms with Gasteiger partial charge in [-0.05, 0) is 30.9 Å². The predicted molar refractivity (Wildman–Crippen MR) is 67.3 cm³/mol. The third-order valence-corrected chi connectivity index (χ3v) is 4.66. The van der Waals surface area contributed by atoms with Crippen molar-refractivity contribution < 1.29 is 18.4 Å². The standard InChI is InChI=1S/C11H14N2O5S/c14-11-5-4-9(6-10(11)13(15)16)19(17,18)12-7-8-2-1-3-8/h4-6,8,12,14H,1-3,7H2. The Labute approximate surface area is 110 Å². The zero-order chi connectivity index (χ0) is 14.0. The number of phenolic OH excluding ortho intramolecular Hbond substituents is 1. The van der Waals surface area contributed by atoms with Crippen LogP contribution in [0.3, 0.4) is 0 Å². The van der Waals surface area contributed by atoms with Gasteiger partial charge in [-0.1, -0.05) is 6.42 Å². The first-order valence-electron chi connectivity index (χ1n) is 5.87. The lowest BCUT2D eigenvalue weighted by Gasteiger charge is -2.25. The van der Waals surface area contributed by atoms with Crippen LogP contribution in [0.25, 0.3) is 0 Å². The predicted octanol–water partition coefficient (Wildman–Crippen LogP) is 1.38. The maximum Gasteiger partial charge on any atom is 0.312 e. The minimum atomic E-state index is -3.77. The summed E-state index contributed by atoms with van der Waals surface area (Å²) in [5.74, 6) is -0.204. The van der Waals surface area contributed by atoms with Gasteiger partial charge in [-0.3, -0.25) is 10.1 Å². The maximum atomic E-state index is 11.9. The molecular weight excluding hydrogens is 272 g/mol. The summed E-state index contributed by atoms with van der Waals surface area (Å²) in [4.78, 5) is 9.62. The number of benzene rings is 1. The minimum absolute atomic E-state index is 0.212. The highest BCUT2D eigenvalue weighted by Gasteiger charge is 2.24.